The van der Waals surface area contributed by atoms with Crippen molar-refractivity contribution in [1.82, 2.24) is 15.0 Å². The predicted molar refractivity (Wildman–Crippen MR) is 84.6 cm³/mol. The fraction of sp³-hybridized carbons (Fsp3) is 0.824. The number of aryl methyl sites for hydroxylation is 1. The largest absolute Gasteiger partial charge is 0.368 e. The van der Waals surface area contributed by atoms with Gasteiger partial charge in [-0.2, -0.15) is 4.98 Å². The van der Waals surface area contributed by atoms with E-state index in [1.165, 1.54) is 25.7 Å². The van der Waals surface area contributed by atoms with Crippen molar-refractivity contribution in [3.63, 3.8) is 0 Å². The number of carbonyl (C=O) groups excluding carboxylic acids is 1. The molecule has 3 rings (SSSR count). The van der Waals surface area contributed by atoms with Gasteiger partial charge in [-0.3, -0.25) is 4.79 Å². The van der Waals surface area contributed by atoms with E-state index < -0.39 is 0 Å². The summed E-state index contributed by atoms with van der Waals surface area (Å²) in [5, 5.41) is 3.75. The van der Waals surface area contributed by atoms with Gasteiger partial charge in [0.15, 0.2) is 5.82 Å². The highest BCUT2D eigenvalue weighted by molar-refractivity contribution is 5.76. The third kappa shape index (κ3) is 4.77. The summed E-state index contributed by atoms with van der Waals surface area (Å²) in [6, 6.07) is 0. The topological polar surface area (TPSA) is 68.5 Å². The maximum Gasteiger partial charge on any atom is 0.252 e. The molecule has 0 aromatic carbocycles. The highest BCUT2D eigenvalue weighted by Gasteiger charge is 2.24. The third-order valence-electron chi connectivity index (χ3n) is 5.05. The molecule has 0 spiro atoms. The standard InChI is InChI=1S/C17H27N3O3/c1-13-18-16(23-19-13)12-22-15-8-10-20(11-9-15)17(21)7-6-14-4-2-3-5-14/h14-15H,2-12H2,1H3. The smallest absolute Gasteiger partial charge is 0.252 e. The summed E-state index contributed by atoms with van der Waals surface area (Å²) in [7, 11) is 0. The number of carbonyl (C=O) groups is 1. The van der Waals surface area contributed by atoms with Crippen molar-refractivity contribution in [3.05, 3.63) is 11.7 Å². The SMILES string of the molecule is Cc1noc(COC2CCN(C(=O)CCC3CCCC3)CC2)n1. The molecule has 6 heteroatoms. The number of hydrogen-bond acceptors (Lipinski definition) is 5. The Kier molecular flexibility index (Phi) is 5.65. The van der Waals surface area contributed by atoms with E-state index in [-0.39, 0.29) is 6.10 Å². The Labute approximate surface area is 137 Å². The van der Waals surface area contributed by atoms with E-state index in [9.17, 15) is 4.79 Å². The first-order valence-electron chi connectivity index (χ1n) is 8.89. The molecule has 1 aromatic heterocycles. The average molecular weight is 321 g/mol. The Hall–Kier alpha value is -1.43. The molecule has 1 aliphatic heterocycles. The fourth-order valence-electron chi connectivity index (χ4n) is 3.64. The summed E-state index contributed by atoms with van der Waals surface area (Å²) in [5.74, 6) is 2.27. The Morgan fingerprint density at radius 2 is 2.00 bits per heavy atom. The molecule has 2 heterocycles. The maximum absolute atomic E-state index is 12.3. The summed E-state index contributed by atoms with van der Waals surface area (Å²) in [5.41, 5.74) is 0. The Morgan fingerprint density at radius 3 is 2.65 bits per heavy atom. The summed E-state index contributed by atoms with van der Waals surface area (Å²) < 4.78 is 10.9. The van der Waals surface area contributed by atoms with Gasteiger partial charge in [0.05, 0.1) is 6.10 Å². The number of nitrogens with zero attached hydrogens (tertiary/aromatic N) is 3. The molecule has 128 valence electrons. The van der Waals surface area contributed by atoms with Crippen LogP contribution in [0, 0.1) is 12.8 Å². The summed E-state index contributed by atoms with van der Waals surface area (Å²) >= 11 is 0. The first-order chi connectivity index (χ1) is 11.2. The van der Waals surface area contributed by atoms with Crippen LogP contribution in [-0.2, 0) is 16.1 Å². The first kappa shape index (κ1) is 16.4. The van der Waals surface area contributed by atoms with Crippen LogP contribution in [-0.4, -0.2) is 40.1 Å². The minimum atomic E-state index is 0.182. The zero-order valence-corrected chi connectivity index (χ0v) is 14.0. The van der Waals surface area contributed by atoms with Crippen LogP contribution in [0.4, 0.5) is 0 Å². The van der Waals surface area contributed by atoms with Gasteiger partial charge in [0.25, 0.3) is 5.89 Å². The molecule has 0 N–H and O–H groups in total. The summed E-state index contributed by atoms with van der Waals surface area (Å²) in [6.45, 7) is 3.76. The van der Waals surface area contributed by atoms with Crippen LogP contribution in [0.5, 0.6) is 0 Å². The second-order valence-corrected chi connectivity index (χ2v) is 6.82. The number of ether oxygens (including phenoxy) is 1. The van der Waals surface area contributed by atoms with Gasteiger partial charge in [-0.1, -0.05) is 30.8 Å². The van der Waals surface area contributed by atoms with E-state index in [1.807, 2.05) is 4.90 Å². The quantitative estimate of drug-likeness (QED) is 0.806. The van der Waals surface area contributed by atoms with E-state index in [0.29, 0.717) is 24.2 Å². The van der Waals surface area contributed by atoms with Gasteiger partial charge < -0.3 is 14.2 Å². The lowest BCUT2D eigenvalue weighted by molar-refractivity contribution is -0.134. The van der Waals surface area contributed by atoms with Crippen LogP contribution in [0.3, 0.4) is 0 Å². The fourth-order valence-corrected chi connectivity index (χ4v) is 3.64. The molecule has 0 atom stereocenters. The van der Waals surface area contributed by atoms with Crippen LogP contribution < -0.4 is 0 Å². The molecule has 0 bridgehead atoms. The van der Waals surface area contributed by atoms with Crippen LogP contribution >= 0.6 is 0 Å². The van der Waals surface area contributed by atoms with E-state index in [0.717, 1.165) is 44.7 Å². The molecule has 0 radical (unpaired) electrons. The van der Waals surface area contributed by atoms with Crippen LogP contribution in [0.25, 0.3) is 0 Å². The molecule has 6 nitrogen and oxygen atoms in total. The van der Waals surface area contributed by atoms with Gasteiger partial charge in [0.1, 0.15) is 6.61 Å². The number of amides is 1. The Morgan fingerprint density at radius 1 is 1.26 bits per heavy atom. The molecule has 23 heavy (non-hydrogen) atoms. The lowest BCUT2D eigenvalue weighted by Crippen LogP contribution is -2.40. The van der Waals surface area contributed by atoms with Gasteiger partial charge in [-0.15, -0.1) is 0 Å². The maximum atomic E-state index is 12.3. The molecule has 2 fully saturated rings. The number of aromatic nitrogens is 2. The van der Waals surface area contributed by atoms with Crippen molar-refractivity contribution >= 4 is 5.91 Å². The molecule has 0 unspecified atom stereocenters. The molecule has 1 aromatic rings. The lowest BCUT2D eigenvalue weighted by Gasteiger charge is -2.32. The van der Waals surface area contributed by atoms with Gasteiger partial charge in [0, 0.05) is 19.5 Å². The van der Waals surface area contributed by atoms with Gasteiger partial charge in [-0.05, 0) is 32.1 Å². The van der Waals surface area contributed by atoms with E-state index in [2.05, 4.69) is 10.1 Å². The molecule has 1 amide bonds. The van der Waals surface area contributed by atoms with E-state index in [1.54, 1.807) is 6.92 Å². The highest BCUT2D eigenvalue weighted by Crippen LogP contribution is 2.29. The third-order valence-corrected chi connectivity index (χ3v) is 5.05. The molecule has 2 aliphatic rings. The number of likely N-dealkylation sites (tertiary alicyclic amines) is 1. The average Bonchev–Trinajstić information content (AvgIpc) is 3.22. The zero-order chi connectivity index (χ0) is 16.1. The monoisotopic (exact) mass is 321 g/mol. The molecule has 1 saturated heterocycles. The highest BCUT2D eigenvalue weighted by atomic mass is 16.5. The van der Waals surface area contributed by atoms with Crippen LogP contribution in [0.15, 0.2) is 4.52 Å². The van der Waals surface area contributed by atoms with Gasteiger partial charge in [0.2, 0.25) is 5.91 Å². The Bertz CT molecular complexity index is 503. The van der Waals surface area contributed by atoms with Crippen molar-refractivity contribution in [3.8, 4) is 0 Å². The van der Waals surface area contributed by atoms with Crippen molar-refractivity contribution in [2.24, 2.45) is 5.92 Å². The molecular formula is C17H27N3O3. The minimum absolute atomic E-state index is 0.182. The summed E-state index contributed by atoms with van der Waals surface area (Å²) in [6.07, 6.45) is 9.09. The number of hydrogen-bond donors (Lipinski definition) is 0. The van der Waals surface area contributed by atoms with Crippen molar-refractivity contribution in [2.75, 3.05) is 13.1 Å². The Balaban J connectivity index is 1.33. The minimum Gasteiger partial charge on any atom is -0.368 e. The van der Waals surface area contributed by atoms with E-state index >= 15 is 0 Å². The van der Waals surface area contributed by atoms with Crippen LogP contribution in [0.1, 0.15) is 63.1 Å². The molecule has 1 saturated carbocycles. The normalized spacial score (nSPS) is 20.3. The number of piperidine rings is 1. The van der Waals surface area contributed by atoms with Crippen molar-refractivity contribution < 1.29 is 14.1 Å². The van der Waals surface area contributed by atoms with Crippen molar-refractivity contribution in [2.45, 2.75) is 71.0 Å². The zero-order valence-electron chi connectivity index (χ0n) is 14.0. The van der Waals surface area contributed by atoms with E-state index in [4.69, 9.17) is 9.26 Å². The molecule has 1 aliphatic carbocycles. The summed E-state index contributed by atoms with van der Waals surface area (Å²) in [4.78, 5) is 18.4. The molecular weight excluding hydrogens is 294 g/mol. The second-order valence-electron chi connectivity index (χ2n) is 6.82. The lowest BCUT2D eigenvalue weighted by atomic mass is 10.0. The number of rotatable bonds is 6. The van der Waals surface area contributed by atoms with Crippen LogP contribution in [0.2, 0.25) is 0 Å². The first-order valence-corrected chi connectivity index (χ1v) is 8.89. The second kappa shape index (κ2) is 7.90. The van der Waals surface area contributed by atoms with Crippen molar-refractivity contribution in [1.29, 1.82) is 0 Å². The predicted octanol–water partition coefficient (Wildman–Crippen LogP) is 2.86. The van der Waals surface area contributed by atoms with Gasteiger partial charge in [-0.25, -0.2) is 0 Å². The van der Waals surface area contributed by atoms with Gasteiger partial charge >= 0.3 is 0 Å².